The fraction of sp³-hybridized carbons (Fsp3) is 0.500. The van der Waals surface area contributed by atoms with Gasteiger partial charge in [0.05, 0.1) is 12.1 Å². The summed E-state index contributed by atoms with van der Waals surface area (Å²) in [6.07, 6.45) is 5.02. The van der Waals surface area contributed by atoms with Gasteiger partial charge in [0.25, 0.3) is 0 Å². The molecule has 240 valence electrons. The molecular weight excluding hydrogens is 577 g/mol. The van der Waals surface area contributed by atoms with Crippen molar-refractivity contribution in [2.45, 2.75) is 81.8 Å². The first-order chi connectivity index (χ1) is 21.7. The number of H-pyrrole nitrogens is 1. The number of hydrogen-bond acceptors (Lipinski definition) is 6. The van der Waals surface area contributed by atoms with Crippen LogP contribution in [-0.2, 0) is 26.5 Å². The summed E-state index contributed by atoms with van der Waals surface area (Å²) >= 11 is 0. The van der Waals surface area contributed by atoms with E-state index in [2.05, 4.69) is 15.6 Å². The average molecular weight is 620 g/mol. The number of aliphatic hydroxyl groups is 1. The van der Waals surface area contributed by atoms with E-state index >= 15 is 0 Å². The third-order valence-electron chi connectivity index (χ3n) is 10.1. The van der Waals surface area contributed by atoms with E-state index in [1.165, 1.54) is 12.1 Å². The molecule has 10 nitrogen and oxygen atoms in total. The highest BCUT2D eigenvalue weighted by Crippen LogP contribution is 2.51. The molecule has 45 heavy (non-hydrogen) atoms. The van der Waals surface area contributed by atoms with Crippen LogP contribution in [0.15, 0.2) is 54.7 Å². The van der Waals surface area contributed by atoms with Crippen molar-refractivity contribution in [3.8, 4) is 0 Å². The lowest BCUT2D eigenvalue weighted by molar-refractivity contribution is -0.140. The third-order valence-corrected chi connectivity index (χ3v) is 10.1. The number of likely N-dealkylation sites (N-methyl/N-ethyl adjacent to an activating group) is 1. The molecule has 3 amide bonds. The number of β-amino-alcohol motifs (C(OH)–C–C–N with tert-alkyl or cyclic N) is 1. The van der Waals surface area contributed by atoms with Gasteiger partial charge in [-0.1, -0.05) is 49.6 Å². The molecule has 1 aliphatic carbocycles. The number of nitrogens with zero attached hydrogens (tertiary/aromatic N) is 2. The number of ether oxygens (including phenoxy) is 1. The summed E-state index contributed by atoms with van der Waals surface area (Å²) in [4.78, 5) is 47.9. The standard InChI is InChI=1S/C34H42FN5O5/c1-21(36-2)31(42)38-30(23-11-7-4-8-12-23)32(43)39-19-29(41)34(26-18-37-27-17-24(35)13-14-25(26)27)28(39)15-16-40(34)33(44)45-20-22-9-5-3-6-10-22/h3,5-6,9-10,13-14,17-18,21,23,28-30,36-37,41H,4,7-8,11-12,15-16,19-20H2,1-2H3,(H,38,42). The van der Waals surface area contributed by atoms with Gasteiger partial charge in [0.2, 0.25) is 11.8 Å². The fourth-order valence-corrected chi connectivity index (χ4v) is 7.74. The van der Waals surface area contributed by atoms with Crippen molar-refractivity contribution in [2.24, 2.45) is 5.92 Å². The topological polar surface area (TPSA) is 127 Å². The number of hydrogen-bond donors (Lipinski definition) is 4. The highest BCUT2D eigenvalue weighted by atomic mass is 19.1. The number of halogens is 1. The predicted molar refractivity (Wildman–Crippen MR) is 166 cm³/mol. The summed E-state index contributed by atoms with van der Waals surface area (Å²) in [6, 6.07) is 11.9. The maximum absolute atomic E-state index is 14.6. The molecule has 0 radical (unpaired) electrons. The number of aliphatic hydroxyl groups excluding tert-OH is 1. The maximum atomic E-state index is 14.6. The zero-order chi connectivity index (χ0) is 31.7. The van der Waals surface area contributed by atoms with E-state index in [4.69, 9.17) is 4.74 Å². The SMILES string of the molecule is CNC(C)C(=O)NC(C(=O)N1CC(O)C2(c3c[nH]c4cc(F)ccc34)C1CCN2C(=O)OCc1ccccc1)C1CCCCC1. The van der Waals surface area contributed by atoms with Crippen molar-refractivity contribution >= 4 is 28.8 Å². The molecule has 6 rings (SSSR count). The molecule has 3 heterocycles. The Morgan fingerprint density at radius 1 is 1.11 bits per heavy atom. The highest BCUT2D eigenvalue weighted by molar-refractivity contribution is 5.91. The van der Waals surface area contributed by atoms with Gasteiger partial charge in [-0.2, -0.15) is 0 Å². The summed E-state index contributed by atoms with van der Waals surface area (Å²) < 4.78 is 20.0. The first kappa shape index (κ1) is 31.0. The normalized spacial score (nSPS) is 24.8. The van der Waals surface area contributed by atoms with Gasteiger partial charge in [0.15, 0.2) is 0 Å². The smallest absolute Gasteiger partial charge is 0.411 e. The number of carbonyl (C=O) groups excluding carboxylic acids is 3. The molecule has 5 atom stereocenters. The van der Waals surface area contributed by atoms with Crippen LogP contribution in [0.25, 0.3) is 10.9 Å². The molecule has 2 aliphatic heterocycles. The van der Waals surface area contributed by atoms with Crippen molar-refractivity contribution in [3.05, 3.63) is 71.7 Å². The number of amides is 3. The van der Waals surface area contributed by atoms with Crippen LogP contribution < -0.4 is 10.6 Å². The summed E-state index contributed by atoms with van der Waals surface area (Å²) in [6.45, 7) is 2.01. The number of carbonyl (C=O) groups is 3. The van der Waals surface area contributed by atoms with E-state index in [-0.39, 0.29) is 37.4 Å². The molecule has 5 unspecified atom stereocenters. The Morgan fingerprint density at radius 2 is 1.87 bits per heavy atom. The largest absolute Gasteiger partial charge is 0.445 e. The van der Waals surface area contributed by atoms with E-state index in [9.17, 15) is 23.9 Å². The summed E-state index contributed by atoms with van der Waals surface area (Å²) in [5.41, 5.74) is 0.595. The number of aromatic amines is 1. The van der Waals surface area contributed by atoms with Crippen molar-refractivity contribution < 1.29 is 28.6 Å². The molecule has 1 aromatic heterocycles. The second kappa shape index (κ2) is 12.8. The first-order valence-corrected chi connectivity index (χ1v) is 16.0. The Morgan fingerprint density at radius 3 is 2.60 bits per heavy atom. The molecule has 4 N–H and O–H groups in total. The first-order valence-electron chi connectivity index (χ1n) is 16.0. The van der Waals surface area contributed by atoms with Crippen LogP contribution in [0.2, 0.25) is 0 Å². The number of likely N-dealkylation sites (tertiary alicyclic amines) is 2. The zero-order valence-corrected chi connectivity index (χ0v) is 25.8. The molecule has 2 saturated heterocycles. The quantitative estimate of drug-likeness (QED) is 0.304. The lowest BCUT2D eigenvalue weighted by Gasteiger charge is -2.41. The van der Waals surface area contributed by atoms with Gasteiger partial charge in [-0.25, -0.2) is 9.18 Å². The predicted octanol–water partition coefficient (Wildman–Crippen LogP) is 3.79. The Bertz CT molecular complexity index is 1540. The van der Waals surface area contributed by atoms with Gasteiger partial charge < -0.3 is 30.4 Å². The van der Waals surface area contributed by atoms with Crippen LogP contribution in [0.1, 0.15) is 56.6 Å². The Labute approximate surface area is 262 Å². The number of rotatable bonds is 8. The van der Waals surface area contributed by atoms with E-state index in [1.54, 1.807) is 36.0 Å². The van der Waals surface area contributed by atoms with E-state index in [0.29, 0.717) is 22.9 Å². The van der Waals surface area contributed by atoms with E-state index in [0.717, 1.165) is 37.7 Å². The van der Waals surface area contributed by atoms with Gasteiger partial charge in [0.1, 0.15) is 30.1 Å². The van der Waals surface area contributed by atoms with Crippen molar-refractivity contribution in [1.29, 1.82) is 0 Å². The van der Waals surface area contributed by atoms with E-state index < -0.39 is 41.7 Å². The van der Waals surface area contributed by atoms with Crippen LogP contribution in [0.5, 0.6) is 0 Å². The van der Waals surface area contributed by atoms with Crippen molar-refractivity contribution in [3.63, 3.8) is 0 Å². The molecule has 0 bridgehead atoms. The van der Waals surface area contributed by atoms with Gasteiger partial charge in [-0.3, -0.25) is 14.5 Å². The van der Waals surface area contributed by atoms with Crippen LogP contribution in [-0.4, -0.2) is 82.2 Å². The Hall–Kier alpha value is -3.96. The van der Waals surface area contributed by atoms with Crippen molar-refractivity contribution in [2.75, 3.05) is 20.1 Å². The van der Waals surface area contributed by atoms with Gasteiger partial charge in [0, 0.05) is 35.8 Å². The fourth-order valence-electron chi connectivity index (χ4n) is 7.74. The van der Waals surface area contributed by atoms with E-state index in [1.807, 2.05) is 30.3 Å². The molecule has 11 heteroatoms. The minimum Gasteiger partial charge on any atom is -0.445 e. The highest BCUT2D eigenvalue weighted by Gasteiger charge is 2.65. The number of aromatic nitrogens is 1. The molecule has 1 saturated carbocycles. The van der Waals surface area contributed by atoms with Crippen LogP contribution >= 0.6 is 0 Å². The lowest BCUT2D eigenvalue weighted by atomic mass is 9.80. The molecule has 3 aliphatic rings. The monoisotopic (exact) mass is 619 g/mol. The third kappa shape index (κ3) is 5.56. The molecule has 3 fully saturated rings. The summed E-state index contributed by atoms with van der Waals surface area (Å²) in [5.74, 6) is -0.963. The van der Waals surface area contributed by atoms with Crippen LogP contribution in [0.3, 0.4) is 0 Å². The van der Waals surface area contributed by atoms with Crippen molar-refractivity contribution in [1.82, 2.24) is 25.4 Å². The second-order valence-electron chi connectivity index (χ2n) is 12.6. The van der Waals surface area contributed by atoms with Gasteiger partial charge in [-0.15, -0.1) is 0 Å². The van der Waals surface area contributed by atoms with Gasteiger partial charge >= 0.3 is 6.09 Å². The summed E-state index contributed by atoms with van der Waals surface area (Å²) in [7, 11) is 1.70. The molecule has 2 aromatic carbocycles. The van der Waals surface area contributed by atoms with Crippen LogP contribution in [0, 0.1) is 11.7 Å². The second-order valence-corrected chi connectivity index (χ2v) is 12.6. The minimum atomic E-state index is -1.35. The number of nitrogens with one attached hydrogen (secondary N) is 3. The van der Waals surface area contributed by atoms with Crippen LogP contribution in [0.4, 0.5) is 9.18 Å². The molecule has 0 spiro atoms. The summed E-state index contributed by atoms with van der Waals surface area (Å²) in [5, 5.41) is 18.7. The maximum Gasteiger partial charge on any atom is 0.411 e. The Balaban J connectivity index is 1.38. The molecule has 3 aromatic rings. The zero-order valence-electron chi connectivity index (χ0n) is 25.8. The van der Waals surface area contributed by atoms with Gasteiger partial charge in [-0.05, 0) is 62.9 Å². The minimum absolute atomic E-state index is 0.0273. The Kier molecular flexibility index (Phi) is 8.83. The average Bonchev–Trinajstić information content (AvgIpc) is 3.74. The number of fused-ring (bicyclic) bond motifs is 2. The molecular formula is C34H42FN5O5. The lowest BCUT2D eigenvalue weighted by Crippen LogP contribution is -2.58. The number of benzene rings is 2.